The first-order chi connectivity index (χ1) is 16.0. The van der Waals surface area contributed by atoms with E-state index >= 15 is 0 Å². The van der Waals surface area contributed by atoms with Crippen molar-refractivity contribution in [3.05, 3.63) is 71.5 Å². The van der Waals surface area contributed by atoms with Crippen molar-refractivity contribution in [3.63, 3.8) is 0 Å². The average Bonchev–Trinajstić information content (AvgIpc) is 3.29. The van der Waals surface area contributed by atoms with Gasteiger partial charge in [-0.15, -0.1) is 0 Å². The third-order valence-electron chi connectivity index (χ3n) is 5.60. The summed E-state index contributed by atoms with van der Waals surface area (Å²) in [6.07, 6.45) is 1.82. The fraction of sp³-hybridized carbons (Fsp3) is 0.320. The molecular weight excluding hydrogens is 423 g/mol. The minimum Gasteiger partial charge on any atom is -0.494 e. The molecule has 0 aliphatic carbocycles. The molecule has 33 heavy (non-hydrogen) atoms. The van der Waals surface area contributed by atoms with E-state index in [4.69, 9.17) is 9.26 Å². The van der Waals surface area contributed by atoms with Gasteiger partial charge in [-0.25, -0.2) is 9.18 Å². The molecular formula is C25H27FN4O3. The van der Waals surface area contributed by atoms with Crippen molar-refractivity contribution in [2.75, 3.05) is 13.2 Å². The van der Waals surface area contributed by atoms with Gasteiger partial charge in [-0.3, -0.25) is 4.90 Å². The lowest BCUT2D eigenvalue weighted by atomic mass is 9.94. The summed E-state index contributed by atoms with van der Waals surface area (Å²) in [7, 11) is 0. The monoisotopic (exact) mass is 450 g/mol. The molecule has 0 radical (unpaired) electrons. The number of carbonyl (C=O) groups excluding carboxylic acids is 1. The summed E-state index contributed by atoms with van der Waals surface area (Å²) >= 11 is 0. The molecule has 3 aromatic rings. The number of nitrogens with one attached hydrogen (secondary N) is 1. The number of unbranched alkanes of at least 4 members (excludes halogenated alkanes) is 1. The largest absolute Gasteiger partial charge is 0.494 e. The quantitative estimate of drug-likeness (QED) is 0.485. The number of hydrogen-bond acceptors (Lipinski definition) is 5. The van der Waals surface area contributed by atoms with Crippen LogP contribution in [0.15, 0.2) is 58.8 Å². The van der Waals surface area contributed by atoms with Gasteiger partial charge in [0.1, 0.15) is 11.6 Å². The minimum absolute atomic E-state index is 0.173. The molecule has 0 saturated heterocycles. The molecule has 1 aliphatic rings. The first kappa shape index (κ1) is 22.5. The van der Waals surface area contributed by atoms with E-state index in [0.29, 0.717) is 24.3 Å². The molecule has 1 aliphatic heterocycles. The third-order valence-corrected chi connectivity index (χ3v) is 5.60. The molecule has 0 saturated carbocycles. The molecule has 8 heteroatoms. The normalized spacial score (nSPS) is 16.2. The highest BCUT2D eigenvalue weighted by atomic mass is 19.1. The first-order valence-corrected chi connectivity index (χ1v) is 11.1. The van der Waals surface area contributed by atoms with E-state index < -0.39 is 6.04 Å². The van der Waals surface area contributed by atoms with E-state index in [1.54, 1.807) is 17.0 Å². The molecule has 7 nitrogen and oxygen atoms in total. The Bertz CT molecular complexity index is 1160. The molecule has 2 amide bonds. The number of urea groups is 1. The van der Waals surface area contributed by atoms with Crippen LogP contribution in [0.1, 0.15) is 51.1 Å². The summed E-state index contributed by atoms with van der Waals surface area (Å²) in [5.41, 5.74) is 2.84. The van der Waals surface area contributed by atoms with E-state index in [2.05, 4.69) is 22.4 Å². The van der Waals surface area contributed by atoms with Gasteiger partial charge in [-0.05, 0) is 50.1 Å². The van der Waals surface area contributed by atoms with E-state index in [9.17, 15) is 9.18 Å². The molecule has 2 aromatic carbocycles. The second-order valence-electron chi connectivity index (χ2n) is 7.82. The summed E-state index contributed by atoms with van der Waals surface area (Å²) in [5.74, 6) is 0.943. The van der Waals surface area contributed by atoms with Crippen molar-refractivity contribution in [2.45, 2.75) is 39.7 Å². The smallest absolute Gasteiger partial charge is 0.322 e. The van der Waals surface area contributed by atoms with Crippen LogP contribution in [0.5, 0.6) is 5.75 Å². The minimum atomic E-state index is -0.480. The van der Waals surface area contributed by atoms with Gasteiger partial charge in [0.25, 0.3) is 5.89 Å². The van der Waals surface area contributed by atoms with Gasteiger partial charge < -0.3 is 14.6 Å². The maximum absolute atomic E-state index is 13.7. The van der Waals surface area contributed by atoms with Crippen molar-refractivity contribution in [1.29, 1.82) is 0 Å². The number of amides is 2. The number of nitrogens with zero attached hydrogens (tertiary/aromatic N) is 3. The lowest BCUT2D eigenvalue weighted by molar-refractivity contribution is 0.204. The van der Waals surface area contributed by atoms with Gasteiger partial charge in [0.05, 0.1) is 18.2 Å². The van der Waals surface area contributed by atoms with Crippen molar-refractivity contribution in [1.82, 2.24) is 20.4 Å². The Kier molecular flexibility index (Phi) is 6.72. The molecule has 0 fully saturated rings. The highest BCUT2D eigenvalue weighted by Crippen LogP contribution is 2.38. The van der Waals surface area contributed by atoms with Crippen molar-refractivity contribution < 1.29 is 18.4 Å². The molecule has 1 N–H and O–H groups in total. The average molecular weight is 451 g/mol. The Hall–Kier alpha value is -3.68. The van der Waals surface area contributed by atoms with Crippen LogP contribution in [0.4, 0.5) is 9.18 Å². The molecule has 0 bridgehead atoms. The fourth-order valence-corrected chi connectivity index (χ4v) is 3.89. The Morgan fingerprint density at radius 1 is 1.18 bits per heavy atom. The molecule has 1 atom stereocenters. The van der Waals surface area contributed by atoms with Gasteiger partial charge >= 0.3 is 6.03 Å². The van der Waals surface area contributed by atoms with E-state index in [-0.39, 0.29) is 23.6 Å². The second-order valence-corrected chi connectivity index (χ2v) is 7.82. The third kappa shape index (κ3) is 4.74. The maximum atomic E-state index is 13.7. The predicted octanol–water partition coefficient (Wildman–Crippen LogP) is 5.57. The lowest BCUT2D eigenvalue weighted by Crippen LogP contribution is -2.46. The molecule has 0 spiro atoms. The first-order valence-electron chi connectivity index (χ1n) is 11.1. The zero-order valence-corrected chi connectivity index (χ0v) is 19.0. The van der Waals surface area contributed by atoms with Crippen LogP contribution in [0, 0.1) is 5.82 Å². The van der Waals surface area contributed by atoms with Crippen LogP contribution in [-0.2, 0) is 0 Å². The molecule has 1 aromatic heterocycles. The number of carbonyl (C=O) groups is 1. The van der Waals surface area contributed by atoms with Crippen LogP contribution in [-0.4, -0.2) is 34.2 Å². The van der Waals surface area contributed by atoms with E-state index in [1.807, 2.05) is 38.1 Å². The van der Waals surface area contributed by atoms with Crippen LogP contribution in [0.25, 0.3) is 17.0 Å². The van der Waals surface area contributed by atoms with E-state index in [0.717, 1.165) is 29.9 Å². The second kappa shape index (κ2) is 9.85. The SMILES string of the molecule is CCCCN1C(=O)NC(c2ccc(OCC)cc2)C(c2nc(-c3cccc(F)c3)no2)=C1C. The van der Waals surface area contributed by atoms with Crippen LogP contribution >= 0.6 is 0 Å². The number of hydrogen-bond donors (Lipinski definition) is 1. The van der Waals surface area contributed by atoms with Gasteiger partial charge in [0.2, 0.25) is 5.82 Å². The van der Waals surface area contributed by atoms with Crippen molar-refractivity contribution in [2.24, 2.45) is 0 Å². The van der Waals surface area contributed by atoms with Crippen molar-refractivity contribution in [3.8, 4) is 17.1 Å². The number of aromatic nitrogens is 2. The molecule has 172 valence electrons. The lowest BCUT2D eigenvalue weighted by Gasteiger charge is -2.35. The Morgan fingerprint density at radius 3 is 2.67 bits per heavy atom. The fourth-order valence-electron chi connectivity index (χ4n) is 3.89. The van der Waals surface area contributed by atoms with E-state index in [1.165, 1.54) is 12.1 Å². The van der Waals surface area contributed by atoms with Gasteiger partial charge in [-0.2, -0.15) is 4.98 Å². The maximum Gasteiger partial charge on any atom is 0.322 e. The van der Waals surface area contributed by atoms with Gasteiger partial charge in [-0.1, -0.05) is 42.8 Å². The zero-order valence-electron chi connectivity index (χ0n) is 19.0. The van der Waals surface area contributed by atoms with Gasteiger partial charge in [0, 0.05) is 17.8 Å². The number of allylic oxidation sites excluding steroid dienone is 1. The molecule has 4 rings (SSSR count). The Morgan fingerprint density at radius 2 is 1.97 bits per heavy atom. The summed E-state index contributed by atoms with van der Waals surface area (Å²) in [6.45, 7) is 7.04. The topological polar surface area (TPSA) is 80.5 Å². The molecule has 1 unspecified atom stereocenters. The van der Waals surface area contributed by atoms with Gasteiger partial charge in [0.15, 0.2) is 0 Å². The summed E-state index contributed by atoms with van der Waals surface area (Å²) in [4.78, 5) is 19.2. The summed E-state index contributed by atoms with van der Waals surface area (Å²) in [6, 6.07) is 12.9. The zero-order chi connectivity index (χ0) is 23.4. The summed E-state index contributed by atoms with van der Waals surface area (Å²) in [5, 5.41) is 7.15. The highest BCUT2D eigenvalue weighted by molar-refractivity contribution is 5.86. The van der Waals surface area contributed by atoms with Crippen LogP contribution in [0.3, 0.4) is 0 Å². The number of ether oxygens (including phenoxy) is 1. The summed E-state index contributed by atoms with van der Waals surface area (Å²) < 4.78 is 24.9. The Labute approximate surface area is 192 Å². The number of rotatable bonds is 8. The highest BCUT2D eigenvalue weighted by Gasteiger charge is 2.35. The Balaban J connectivity index is 1.76. The number of benzene rings is 2. The number of halogens is 1. The predicted molar refractivity (Wildman–Crippen MR) is 123 cm³/mol. The van der Waals surface area contributed by atoms with Crippen LogP contribution in [0.2, 0.25) is 0 Å². The van der Waals surface area contributed by atoms with Crippen LogP contribution < -0.4 is 10.1 Å². The van der Waals surface area contributed by atoms with Crippen molar-refractivity contribution >= 4 is 11.6 Å². The molecule has 2 heterocycles. The standard InChI is InChI=1S/C25H27FN4O3/c1-4-6-14-30-16(3)21(24-28-23(29-33-24)18-8-7-9-19(26)15-18)22(27-25(30)31)17-10-12-20(13-11-17)32-5-2/h7-13,15,22H,4-6,14H2,1-3H3,(H,27,31).